The summed E-state index contributed by atoms with van der Waals surface area (Å²) >= 11 is 0. The summed E-state index contributed by atoms with van der Waals surface area (Å²) in [4.78, 5) is 0. The van der Waals surface area contributed by atoms with Crippen molar-refractivity contribution in [2.45, 2.75) is 18.9 Å². The van der Waals surface area contributed by atoms with Crippen LogP contribution in [0.2, 0.25) is 0 Å². The van der Waals surface area contributed by atoms with Crippen LogP contribution in [0.25, 0.3) is 0 Å². The normalized spacial score (nSPS) is 17.5. The van der Waals surface area contributed by atoms with E-state index in [1.165, 1.54) is 5.56 Å². The van der Waals surface area contributed by atoms with Gasteiger partial charge in [0, 0.05) is 0 Å². The van der Waals surface area contributed by atoms with Crippen molar-refractivity contribution in [3.05, 3.63) is 48.1 Å². The minimum atomic E-state index is 0.213. The molecule has 0 radical (unpaired) electrons. The van der Waals surface area contributed by atoms with Crippen molar-refractivity contribution in [2.75, 3.05) is 20.8 Å². The molecule has 0 saturated carbocycles. The Morgan fingerprint density at radius 1 is 1.11 bits per heavy atom. The average Bonchev–Trinajstić information content (AvgIpc) is 2.48. The third-order valence-electron chi connectivity index (χ3n) is 3.11. The fourth-order valence-corrected chi connectivity index (χ4v) is 2.05. The molecule has 0 amide bonds. The number of hydrogen-bond acceptors (Lipinski definition) is 3. The maximum Gasteiger partial charge on any atom is 0.160 e. The zero-order valence-corrected chi connectivity index (χ0v) is 11.5. The number of benzene rings is 1. The van der Waals surface area contributed by atoms with E-state index >= 15 is 0 Å². The summed E-state index contributed by atoms with van der Waals surface area (Å²) in [5.74, 6) is 1.52. The highest BCUT2D eigenvalue weighted by Crippen LogP contribution is 2.27. The molecule has 2 rings (SSSR count). The Hall–Kier alpha value is -1.74. The lowest BCUT2D eigenvalue weighted by atomic mass is 10.1. The van der Waals surface area contributed by atoms with Gasteiger partial charge in [-0.25, -0.2) is 0 Å². The van der Waals surface area contributed by atoms with Gasteiger partial charge in [0.05, 0.1) is 26.9 Å². The molecule has 1 aromatic rings. The molecule has 1 aliphatic carbocycles. The molecular weight excluding hydrogens is 240 g/mol. The lowest BCUT2D eigenvalue weighted by Crippen LogP contribution is -2.12. The maximum absolute atomic E-state index is 5.81. The predicted molar refractivity (Wildman–Crippen MR) is 75.9 cm³/mol. The quantitative estimate of drug-likeness (QED) is 0.786. The molecule has 1 aromatic carbocycles. The van der Waals surface area contributed by atoms with E-state index in [0.29, 0.717) is 6.61 Å². The SMILES string of the molecule is COc1ccc(CCO[C@@H]2C=CC=CC2)cc1OC. The fourth-order valence-electron chi connectivity index (χ4n) is 2.05. The van der Waals surface area contributed by atoms with Crippen LogP contribution in [0.3, 0.4) is 0 Å². The van der Waals surface area contributed by atoms with Crippen LogP contribution < -0.4 is 9.47 Å². The Bertz CT molecular complexity index is 463. The second kappa shape index (κ2) is 7.00. The van der Waals surface area contributed by atoms with Crippen LogP contribution in [0.15, 0.2) is 42.5 Å². The van der Waals surface area contributed by atoms with Gasteiger partial charge in [0.25, 0.3) is 0 Å². The second-order valence-electron chi connectivity index (χ2n) is 4.40. The highest BCUT2D eigenvalue weighted by Gasteiger charge is 2.07. The summed E-state index contributed by atoms with van der Waals surface area (Å²) in [6, 6.07) is 5.97. The monoisotopic (exact) mass is 260 g/mol. The molecule has 19 heavy (non-hydrogen) atoms. The van der Waals surface area contributed by atoms with Crippen LogP contribution in [0.1, 0.15) is 12.0 Å². The molecule has 1 atom stereocenters. The number of rotatable bonds is 6. The molecule has 0 N–H and O–H groups in total. The van der Waals surface area contributed by atoms with Gasteiger partial charge in [-0.2, -0.15) is 0 Å². The van der Waals surface area contributed by atoms with E-state index in [1.54, 1.807) is 14.2 Å². The first kappa shape index (κ1) is 13.7. The third-order valence-corrected chi connectivity index (χ3v) is 3.11. The van der Waals surface area contributed by atoms with Crippen molar-refractivity contribution in [1.29, 1.82) is 0 Å². The topological polar surface area (TPSA) is 27.7 Å². The van der Waals surface area contributed by atoms with Gasteiger partial charge in [0.2, 0.25) is 0 Å². The Morgan fingerprint density at radius 2 is 1.95 bits per heavy atom. The molecule has 0 heterocycles. The van der Waals surface area contributed by atoms with Gasteiger partial charge >= 0.3 is 0 Å². The van der Waals surface area contributed by atoms with E-state index in [2.05, 4.69) is 12.2 Å². The Morgan fingerprint density at radius 3 is 2.63 bits per heavy atom. The van der Waals surface area contributed by atoms with Crippen LogP contribution in [-0.2, 0) is 11.2 Å². The second-order valence-corrected chi connectivity index (χ2v) is 4.40. The van der Waals surface area contributed by atoms with E-state index < -0.39 is 0 Å². The van der Waals surface area contributed by atoms with Crippen LogP contribution in [0.5, 0.6) is 11.5 Å². The first-order chi connectivity index (χ1) is 9.33. The van der Waals surface area contributed by atoms with Gasteiger partial charge in [-0.05, 0) is 30.5 Å². The molecule has 0 aliphatic heterocycles. The lowest BCUT2D eigenvalue weighted by Gasteiger charge is -2.14. The number of allylic oxidation sites excluding steroid dienone is 2. The first-order valence-electron chi connectivity index (χ1n) is 6.49. The van der Waals surface area contributed by atoms with Gasteiger partial charge in [0.15, 0.2) is 11.5 Å². The zero-order chi connectivity index (χ0) is 13.5. The van der Waals surface area contributed by atoms with E-state index in [1.807, 2.05) is 30.4 Å². The van der Waals surface area contributed by atoms with E-state index in [9.17, 15) is 0 Å². The minimum absolute atomic E-state index is 0.213. The van der Waals surface area contributed by atoms with Gasteiger partial charge in [-0.15, -0.1) is 0 Å². The zero-order valence-electron chi connectivity index (χ0n) is 11.5. The summed E-state index contributed by atoms with van der Waals surface area (Å²) in [5, 5.41) is 0. The summed E-state index contributed by atoms with van der Waals surface area (Å²) in [7, 11) is 3.29. The lowest BCUT2D eigenvalue weighted by molar-refractivity contribution is 0.0890. The number of hydrogen-bond donors (Lipinski definition) is 0. The molecule has 3 nitrogen and oxygen atoms in total. The first-order valence-corrected chi connectivity index (χ1v) is 6.49. The maximum atomic E-state index is 5.81. The molecule has 0 spiro atoms. The number of ether oxygens (including phenoxy) is 3. The van der Waals surface area contributed by atoms with Crippen molar-refractivity contribution in [3.8, 4) is 11.5 Å². The third kappa shape index (κ3) is 3.86. The smallest absolute Gasteiger partial charge is 0.160 e. The molecule has 1 aliphatic rings. The standard InChI is InChI=1S/C16H20O3/c1-17-15-9-8-13(12-16(15)18-2)10-11-19-14-6-4-3-5-7-14/h3-6,8-9,12,14H,7,10-11H2,1-2H3/t14-/m1/s1. The highest BCUT2D eigenvalue weighted by molar-refractivity contribution is 5.42. The van der Waals surface area contributed by atoms with Crippen molar-refractivity contribution >= 4 is 0 Å². The highest BCUT2D eigenvalue weighted by atomic mass is 16.5. The predicted octanol–water partition coefficient (Wildman–Crippen LogP) is 3.15. The summed E-state index contributed by atoms with van der Waals surface area (Å²) in [6.07, 6.45) is 10.3. The Labute approximate surface area is 114 Å². The van der Waals surface area contributed by atoms with Gasteiger partial charge in [-0.3, -0.25) is 0 Å². The molecule has 0 aromatic heterocycles. The minimum Gasteiger partial charge on any atom is -0.493 e. The summed E-state index contributed by atoms with van der Waals surface area (Å²) in [5.41, 5.74) is 1.19. The molecule has 102 valence electrons. The molecule has 0 fully saturated rings. The van der Waals surface area contributed by atoms with E-state index in [4.69, 9.17) is 14.2 Å². The van der Waals surface area contributed by atoms with Crippen LogP contribution >= 0.6 is 0 Å². The van der Waals surface area contributed by atoms with Gasteiger partial charge < -0.3 is 14.2 Å². The van der Waals surface area contributed by atoms with Gasteiger partial charge in [0.1, 0.15) is 0 Å². The van der Waals surface area contributed by atoms with Crippen molar-refractivity contribution in [2.24, 2.45) is 0 Å². The molecule has 0 unspecified atom stereocenters. The molecular formula is C16H20O3. The average molecular weight is 260 g/mol. The van der Waals surface area contributed by atoms with Crippen LogP contribution in [0, 0.1) is 0 Å². The van der Waals surface area contributed by atoms with Crippen LogP contribution in [-0.4, -0.2) is 26.9 Å². The van der Waals surface area contributed by atoms with E-state index in [0.717, 1.165) is 24.3 Å². The summed E-state index contributed by atoms with van der Waals surface area (Å²) < 4.78 is 16.3. The van der Waals surface area contributed by atoms with Crippen molar-refractivity contribution < 1.29 is 14.2 Å². The van der Waals surface area contributed by atoms with Crippen molar-refractivity contribution in [1.82, 2.24) is 0 Å². The summed E-state index contributed by atoms with van der Waals surface area (Å²) in [6.45, 7) is 0.707. The Balaban J connectivity index is 1.85. The van der Waals surface area contributed by atoms with Crippen LogP contribution in [0.4, 0.5) is 0 Å². The molecule has 0 saturated heterocycles. The largest absolute Gasteiger partial charge is 0.493 e. The van der Waals surface area contributed by atoms with E-state index in [-0.39, 0.29) is 6.10 Å². The Kier molecular flexibility index (Phi) is 5.04. The van der Waals surface area contributed by atoms with Gasteiger partial charge in [-0.1, -0.05) is 30.4 Å². The molecule has 0 bridgehead atoms. The number of methoxy groups -OCH3 is 2. The van der Waals surface area contributed by atoms with Crippen molar-refractivity contribution in [3.63, 3.8) is 0 Å². The molecule has 3 heteroatoms. The fraction of sp³-hybridized carbons (Fsp3) is 0.375.